The first kappa shape index (κ1) is 16.7. The number of rotatable bonds is 7. The van der Waals surface area contributed by atoms with Crippen molar-refractivity contribution in [1.29, 1.82) is 0 Å². The van der Waals surface area contributed by atoms with E-state index in [4.69, 9.17) is 5.11 Å². The molecule has 2 heterocycles. The number of aromatic nitrogens is 4. The Balaban J connectivity index is 1.78. The molecule has 0 saturated carbocycles. The van der Waals surface area contributed by atoms with Gasteiger partial charge in [-0.2, -0.15) is 0 Å². The second kappa shape index (κ2) is 8.08. The summed E-state index contributed by atoms with van der Waals surface area (Å²) >= 11 is 1.68. The largest absolute Gasteiger partial charge is 0.392 e. The van der Waals surface area contributed by atoms with Gasteiger partial charge in [0, 0.05) is 30.3 Å². The van der Waals surface area contributed by atoms with E-state index in [0.717, 1.165) is 40.8 Å². The highest BCUT2D eigenvalue weighted by Gasteiger charge is 2.13. The fourth-order valence-electron chi connectivity index (χ4n) is 2.42. The molecule has 1 N–H and O–H groups in total. The van der Waals surface area contributed by atoms with Crippen molar-refractivity contribution in [3.8, 4) is 11.4 Å². The van der Waals surface area contributed by atoms with Crippen molar-refractivity contribution in [1.82, 2.24) is 19.7 Å². The molecule has 0 unspecified atom stereocenters. The topological polar surface area (TPSA) is 63.8 Å². The lowest BCUT2D eigenvalue weighted by Crippen LogP contribution is -2.02. The van der Waals surface area contributed by atoms with Crippen LogP contribution in [0.4, 0.5) is 0 Å². The molecule has 0 radical (unpaired) electrons. The normalized spacial score (nSPS) is 10.9. The highest BCUT2D eigenvalue weighted by atomic mass is 32.2. The van der Waals surface area contributed by atoms with E-state index in [9.17, 15) is 0 Å². The Morgan fingerprint density at radius 3 is 2.38 bits per heavy atom. The fourth-order valence-corrected chi connectivity index (χ4v) is 3.34. The molecule has 0 atom stereocenters. The van der Waals surface area contributed by atoms with E-state index in [1.165, 1.54) is 5.56 Å². The number of benzene rings is 1. The number of aliphatic hydroxyl groups excluding tert-OH is 1. The maximum atomic E-state index is 9.11. The van der Waals surface area contributed by atoms with E-state index in [2.05, 4.69) is 26.7 Å². The predicted molar refractivity (Wildman–Crippen MR) is 95.5 cm³/mol. The molecule has 0 fully saturated rings. The van der Waals surface area contributed by atoms with Crippen molar-refractivity contribution in [2.45, 2.75) is 37.4 Å². The quantitative estimate of drug-likeness (QED) is 0.667. The zero-order valence-electron chi connectivity index (χ0n) is 13.6. The van der Waals surface area contributed by atoms with Crippen LogP contribution in [0, 0.1) is 0 Å². The number of aliphatic hydroxyl groups is 1. The average Bonchev–Trinajstić information content (AvgIpc) is 3.04. The number of hydrogen-bond acceptors (Lipinski definition) is 5. The van der Waals surface area contributed by atoms with Crippen LogP contribution in [0.25, 0.3) is 11.4 Å². The molecular formula is C18H20N4OS. The smallest absolute Gasteiger partial charge is 0.191 e. The van der Waals surface area contributed by atoms with E-state index in [-0.39, 0.29) is 6.61 Å². The second-order valence-electron chi connectivity index (χ2n) is 5.46. The second-order valence-corrected chi connectivity index (χ2v) is 6.40. The Kier molecular flexibility index (Phi) is 5.61. The Morgan fingerprint density at radius 1 is 1.00 bits per heavy atom. The SMILES string of the molecule is CCCn1c(SCc2ccc(CO)cc2)nnc1-c1ccncc1. The van der Waals surface area contributed by atoms with E-state index < -0.39 is 0 Å². The summed E-state index contributed by atoms with van der Waals surface area (Å²) in [5.41, 5.74) is 3.16. The summed E-state index contributed by atoms with van der Waals surface area (Å²) < 4.78 is 2.17. The Morgan fingerprint density at radius 2 is 1.71 bits per heavy atom. The van der Waals surface area contributed by atoms with Gasteiger partial charge in [-0.1, -0.05) is 43.0 Å². The van der Waals surface area contributed by atoms with E-state index in [1.807, 2.05) is 36.4 Å². The molecule has 0 bridgehead atoms. The molecule has 0 amide bonds. The molecule has 0 saturated heterocycles. The van der Waals surface area contributed by atoms with Gasteiger partial charge in [0.05, 0.1) is 6.61 Å². The van der Waals surface area contributed by atoms with Gasteiger partial charge in [0.1, 0.15) is 0 Å². The molecule has 0 aliphatic heterocycles. The Hall–Kier alpha value is -2.18. The van der Waals surface area contributed by atoms with Crippen molar-refractivity contribution in [2.75, 3.05) is 0 Å². The van der Waals surface area contributed by atoms with Gasteiger partial charge in [-0.3, -0.25) is 4.98 Å². The van der Waals surface area contributed by atoms with Gasteiger partial charge in [0.15, 0.2) is 11.0 Å². The monoisotopic (exact) mass is 340 g/mol. The molecule has 6 heteroatoms. The summed E-state index contributed by atoms with van der Waals surface area (Å²) in [4.78, 5) is 4.06. The molecule has 124 valence electrons. The van der Waals surface area contributed by atoms with Crippen molar-refractivity contribution < 1.29 is 5.11 Å². The van der Waals surface area contributed by atoms with E-state index >= 15 is 0 Å². The summed E-state index contributed by atoms with van der Waals surface area (Å²) in [5, 5.41) is 18.8. The third-order valence-electron chi connectivity index (χ3n) is 3.68. The van der Waals surface area contributed by atoms with Crippen LogP contribution in [0.3, 0.4) is 0 Å². The third-order valence-corrected chi connectivity index (χ3v) is 4.71. The van der Waals surface area contributed by atoms with Crippen LogP contribution in [0.5, 0.6) is 0 Å². The predicted octanol–water partition coefficient (Wildman–Crippen LogP) is 3.53. The first-order chi connectivity index (χ1) is 11.8. The molecule has 2 aromatic heterocycles. The maximum absolute atomic E-state index is 9.11. The maximum Gasteiger partial charge on any atom is 0.191 e. The van der Waals surface area contributed by atoms with Crippen molar-refractivity contribution in [3.05, 3.63) is 59.9 Å². The molecule has 0 aliphatic rings. The summed E-state index contributed by atoms with van der Waals surface area (Å²) in [7, 11) is 0. The zero-order valence-corrected chi connectivity index (χ0v) is 14.4. The van der Waals surface area contributed by atoms with Gasteiger partial charge in [-0.15, -0.1) is 10.2 Å². The van der Waals surface area contributed by atoms with Crippen LogP contribution in [-0.4, -0.2) is 24.9 Å². The number of pyridine rings is 1. The Labute approximate surface area is 145 Å². The molecule has 1 aromatic carbocycles. The van der Waals surface area contributed by atoms with Gasteiger partial charge in [-0.05, 0) is 29.7 Å². The lowest BCUT2D eigenvalue weighted by Gasteiger charge is -2.09. The van der Waals surface area contributed by atoms with Crippen molar-refractivity contribution in [2.24, 2.45) is 0 Å². The third kappa shape index (κ3) is 3.83. The van der Waals surface area contributed by atoms with Gasteiger partial charge < -0.3 is 9.67 Å². The van der Waals surface area contributed by atoms with Gasteiger partial charge in [0.2, 0.25) is 0 Å². The standard InChI is InChI=1S/C18H20N4OS/c1-2-11-22-17(16-7-9-19-10-8-16)20-21-18(22)24-13-15-5-3-14(12-23)4-6-15/h3-10,23H,2,11-13H2,1H3. The van der Waals surface area contributed by atoms with Gasteiger partial charge in [-0.25, -0.2) is 0 Å². The summed E-state index contributed by atoms with van der Waals surface area (Å²) in [6, 6.07) is 11.9. The van der Waals surface area contributed by atoms with Crippen molar-refractivity contribution in [3.63, 3.8) is 0 Å². The number of nitrogens with zero attached hydrogens (tertiary/aromatic N) is 4. The van der Waals surface area contributed by atoms with Crippen LogP contribution in [0.15, 0.2) is 53.9 Å². The minimum Gasteiger partial charge on any atom is -0.392 e. The fraction of sp³-hybridized carbons (Fsp3) is 0.278. The van der Waals surface area contributed by atoms with Crippen molar-refractivity contribution >= 4 is 11.8 Å². The van der Waals surface area contributed by atoms with Crippen LogP contribution in [-0.2, 0) is 18.9 Å². The lowest BCUT2D eigenvalue weighted by atomic mass is 10.2. The zero-order chi connectivity index (χ0) is 16.8. The molecule has 5 nitrogen and oxygen atoms in total. The highest BCUT2D eigenvalue weighted by Crippen LogP contribution is 2.26. The van der Waals surface area contributed by atoms with Crippen LogP contribution in [0.2, 0.25) is 0 Å². The van der Waals surface area contributed by atoms with Crippen LogP contribution in [0.1, 0.15) is 24.5 Å². The first-order valence-electron chi connectivity index (χ1n) is 7.97. The molecule has 0 aliphatic carbocycles. The molecular weight excluding hydrogens is 320 g/mol. The molecule has 24 heavy (non-hydrogen) atoms. The summed E-state index contributed by atoms with van der Waals surface area (Å²) in [5.74, 6) is 1.71. The minimum atomic E-state index is 0.0769. The molecule has 0 spiro atoms. The van der Waals surface area contributed by atoms with E-state index in [0.29, 0.717) is 0 Å². The summed E-state index contributed by atoms with van der Waals surface area (Å²) in [6.45, 7) is 3.11. The number of thioether (sulfide) groups is 1. The molecule has 3 rings (SSSR count). The average molecular weight is 340 g/mol. The van der Waals surface area contributed by atoms with Crippen LogP contribution < -0.4 is 0 Å². The van der Waals surface area contributed by atoms with E-state index in [1.54, 1.807) is 24.2 Å². The lowest BCUT2D eigenvalue weighted by molar-refractivity contribution is 0.282. The Bertz CT molecular complexity index is 771. The molecule has 3 aromatic rings. The first-order valence-corrected chi connectivity index (χ1v) is 8.95. The van der Waals surface area contributed by atoms with Gasteiger partial charge in [0.25, 0.3) is 0 Å². The van der Waals surface area contributed by atoms with Crippen LogP contribution >= 0.6 is 11.8 Å². The minimum absolute atomic E-state index is 0.0769. The summed E-state index contributed by atoms with van der Waals surface area (Å²) in [6.07, 6.45) is 4.57. The number of hydrogen-bond donors (Lipinski definition) is 1. The highest BCUT2D eigenvalue weighted by molar-refractivity contribution is 7.98. The van der Waals surface area contributed by atoms with Gasteiger partial charge >= 0.3 is 0 Å².